The molecular weight excluding hydrogens is 192 g/mol. The summed E-state index contributed by atoms with van der Waals surface area (Å²) in [6.45, 7) is 4.10. The van der Waals surface area contributed by atoms with E-state index in [0.717, 1.165) is 25.7 Å². The molecule has 0 nitrogen and oxygen atoms in total. The lowest BCUT2D eigenvalue weighted by Crippen LogP contribution is -1.63. The van der Waals surface area contributed by atoms with Gasteiger partial charge in [-0.05, 0) is 39.5 Å². The van der Waals surface area contributed by atoms with Crippen LogP contribution >= 0.6 is 0 Å². The fraction of sp³-hybridized carbons (Fsp3) is 0.375. The van der Waals surface area contributed by atoms with Crippen LogP contribution < -0.4 is 0 Å². The molecule has 0 heteroatoms. The van der Waals surface area contributed by atoms with Crippen LogP contribution in [0.25, 0.3) is 0 Å². The zero-order valence-corrected chi connectivity index (χ0v) is 10.6. The molecule has 0 bridgehead atoms. The minimum atomic E-state index is 1.04. The molecule has 0 rings (SSSR count). The molecule has 0 spiro atoms. The van der Waals surface area contributed by atoms with Gasteiger partial charge in [-0.15, -0.1) is 0 Å². The smallest absolute Gasteiger partial charge is 0.0169 e. The molecule has 0 aliphatic carbocycles. The second kappa shape index (κ2) is 13.7. The highest BCUT2D eigenvalue weighted by molar-refractivity contribution is 5.00. The van der Waals surface area contributed by atoms with Crippen LogP contribution in [0.3, 0.4) is 0 Å². The zero-order chi connectivity index (χ0) is 11.9. The van der Waals surface area contributed by atoms with Crippen LogP contribution in [0.4, 0.5) is 0 Å². The van der Waals surface area contributed by atoms with Crippen molar-refractivity contribution in [1.82, 2.24) is 0 Å². The van der Waals surface area contributed by atoms with Gasteiger partial charge in [-0.3, -0.25) is 0 Å². The average molecular weight is 216 g/mol. The summed E-state index contributed by atoms with van der Waals surface area (Å²) in [7, 11) is 0. The molecule has 0 aliphatic rings. The van der Waals surface area contributed by atoms with Gasteiger partial charge in [0.05, 0.1) is 0 Å². The molecule has 0 unspecified atom stereocenters. The highest BCUT2D eigenvalue weighted by atomic mass is 13.8. The summed E-state index contributed by atoms with van der Waals surface area (Å²) in [5, 5.41) is 0. The molecule has 0 aromatic carbocycles. The van der Waals surface area contributed by atoms with Gasteiger partial charge in [0.2, 0.25) is 0 Å². The Balaban J connectivity index is 3.40. The highest BCUT2D eigenvalue weighted by Gasteiger charge is 1.73. The third-order valence-electron chi connectivity index (χ3n) is 2.06. The van der Waals surface area contributed by atoms with E-state index >= 15 is 0 Å². The van der Waals surface area contributed by atoms with Crippen molar-refractivity contribution in [2.45, 2.75) is 39.5 Å². The normalized spacial score (nSPS) is 13.4. The summed E-state index contributed by atoms with van der Waals surface area (Å²) in [4.78, 5) is 0. The Hall–Kier alpha value is -1.30. The van der Waals surface area contributed by atoms with E-state index in [-0.39, 0.29) is 0 Å². The van der Waals surface area contributed by atoms with Crippen LogP contribution in [0.2, 0.25) is 0 Å². The van der Waals surface area contributed by atoms with Crippen molar-refractivity contribution in [1.29, 1.82) is 0 Å². The van der Waals surface area contributed by atoms with Crippen molar-refractivity contribution < 1.29 is 0 Å². The van der Waals surface area contributed by atoms with Crippen LogP contribution in [-0.2, 0) is 0 Å². The summed E-state index contributed by atoms with van der Waals surface area (Å²) in [5.74, 6) is 0. The van der Waals surface area contributed by atoms with E-state index in [0.29, 0.717) is 0 Å². The van der Waals surface area contributed by atoms with Gasteiger partial charge in [0, 0.05) is 0 Å². The largest absolute Gasteiger partial charge is 0.0914 e. The molecule has 0 saturated heterocycles. The Bertz CT molecular complexity index is 234. The first-order valence-corrected chi connectivity index (χ1v) is 6.09. The standard InChI is InChI=1S/C16H24/c1-3-5-7-9-11-13-15-16-14-12-10-8-6-4-2/h3-6,9-12,15-16H,7-8,13-14H2,1-2H3. The number of hydrogen-bond acceptors (Lipinski definition) is 0. The summed E-state index contributed by atoms with van der Waals surface area (Å²) in [6, 6.07) is 0. The van der Waals surface area contributed by atoms with Crippen molar-refractivity contribution in [2.24, 2.45) is 0 Å². The molecule has 16 heavy (non-hydrogen) atoms. The van der Waals surface area contributed by atoms with Crippen LogP contribution in [-0.4, -0.2) is 0 Å². The number of allylic oxidation sites excluding steroid dienone is 10. The maximum Gasteiger partial charge on any atom is -0.0169 e. The maximum absolute atomic E-state index is 2.21. The van der Waals surface area contributed by atoms with E-state index in [1.165, 1.54) is 0 Å². The van der Waals surface area contributed by atoms with Gasteiger partial charge in [-0.2, -0.15) is 0 Å². The van der Waals surface area contributed by atoms with E-state index < -0.39 is 0 Å². The van der Waals surface area contributed by atoms with E-state index in [9.17, 15) is 0 Å². The zero-order valence-electron chi connectivity index (χ0n) is 10.6. The van der Waals surface area contributed by atoms with E-state index in [4.69, 9.17) is 0 Å². The van der Waals surface area contributed by atoms with Crippen LogP contribution in [0.5, 0.6) is 0 Å². The first kappa shape index (κ1) is 14.7. The molecule has 0 aromatic heterocycles. The Kier molecular flexibility index (Phi) is 12.6. The molecule has 0 amide bonds. The molecule has 0 fully saturated rings. The van der Waals surface area contributed by atoms with E-state index in [1.807, 2.05) is 13.8 Å². The second-order valence-corrected chi connectivity index (χ2v) is 3.50. The fourth-order valence-corrected chi connectivity index (χ4v) is 1.16. The third kappa shape index (κ3) is 12.7. The van der Waals surface area contributed by atoms with Gasteiger partial charge in [-0.1, -0.05) is 60.8 Å². The van der Waals surface area contributed by atoms with Crippen molar-refractivity contribution >= 4 is 0 Å². The Labute approximate surface area is 101 Å². The maximum atomic E-state index is 2.21. The number of rotatable bonds is 8. The van der Waals surface area contributed by atoms with Crippen molar-refractivity contribution in [2.75, 3.05) is 0 Å². The van der Waals surface area contributed by atoms with Gasteiger partial charge in [0.15, 0.2) is 0 Å². The van der Waals surface area contributed by atoms with Gasteiger partial charge in [0.1, 0.15) is 0 Å². The molecule has 0 heterocycles. The van der Waals surface area contributed by atoms with Gasteiger partial charge >= 0.3 is 0 Å². The van der Waals surface area contributed by atoms with Crippen molar-refractivity contribution in [3.63, 3.8) is 0 Å². The summed E-state index contributed by atoms with van der Waals surface area (Å²) in [6.07, 6.45) is 25.9. The molecule has 0 atom stereocenters. The molecule has 0 saturated carbocycles. The summed E-state index contributed by atoms with van der Waals surface area (Å²) < 4.78 is 0. The quantitative estimate of drug-likeness (QED) is 0.479. The first-order chi connectivity index (χ1) is 7.91. The predicted molar refractivity (Wildman–Crippen MR) is 75.5 cm³/mol. The first-order valence-electron chi connectivity index (χ1n) is 6.09. The monoisotopic (exact) mass is 216 g/mol. The molecule has 0 aliphatic heterocycles. The van der Waals surface area contributed by atoms with Gasteiger partial charge in [-0.25, -0.2) is 0 Å². The van der Waals surface area contributed by atoms with Crippen LogP contribution in [0.1, 0.15) is 39.5 Å². The van der Waals surface area contributed by atoms with E-state index in [2.05, 4.69) is 60.8 Å². The van der Waals surface area contributed by atoms with E-state index in [1.54, 1.807) is 0 Å². The average Bonchev–Trinajstić information content (AvgIpc) is 2.31. The predicted octanol–water partition coefficient (Wildman–Crippen LogP) is 5.37. The molecule has 0 aromatic rings. The molecule has 0 radical (unpaired) electrons. The second-order valence-electron chi connectivity index (χ2n) is 3.50. The third-order valence-corrected chi connectivity index (χ3v) is 2.06. The fourth-order valence-electron chi connectivity index (χ4n) is 1.16. The van der Waals surface area contributed by atoms with Crippen LogP contribution in [0.15, 0.2) is 60.8 Å². The lowest BCUT2D eigenvalue weighted by Gasteiger charge is -1.84. The molecular formula is C16H24. The highest BCUT2D eigenvalue weighted by Crippen LogP contribution is 1.94. The van der Waals surface area contributed by atoms with Crippen LogP contribution in [0, 0.1) is 0 Å². The van der Waals surface area contributed by atoms with Crippen molar-refractivity contribution in [3.05, 3.63) is 60.8 Å². The Morgan fingerprint density at radius 1 is 0.438 bits per heavy atom. The Morgan fingerprint density at radius 3 is 0.938 bits per heavy atom. The Morgan fingerprint density at radius 2 is 0.688 bits per heavy atom. The SMILES string of the molecule is CC=CCC=CCC=CCC=CCC=CC. The minimum Gasteiger partial charge on any atom is -0.0914 e. The topological polar surface area (TPSA) is 0 Å². The number of hydrogen-bond donors (Lipinski definition) is 0. The minimum absolute atomic E-state index is 1.04. The molecule has 0 N–H and O–H groups in total. The summed E-state index contributed by atoms with van der Waals surface area (Å²) >= 11 is 0. The van der Waals surface area contributed by atoms with Gasteiger partial charge < -0.3 is 0 Å². The lowest BCUT2D eigenvalue weighted by atomic mass is 10.2. The van der Waals surface area contributed by atoms with Crippen molar-refractivity contribution in [3.8, 4) is 0 Å². The molecule has 88 valence electrons. The van der Waals surface area contributed by atoms with Gasteiger partial charge in [0.25, 0.3) is 0 Å². The lowest BCUT2D eigenvalue weighted by molar-refractivity contribution is 1.26. The summed E-state index contributed by atoms with van der Waals surface area (Å²) in [5.41, 5.74) is 0.